The Bertz CT molecular complexity index is 874. The summed E-state index contributed by atoms with van der Waals surface area (Å²) in [7, 11) is 1.31. The Morgan fingerprint density at radius 2 is 1.87 bits per heavy atom. The second-order valence-corrected chi connectivity index (χ2v) is 7.56. The van der Waals surface area contributed by atoms with E-state index in [-0.39, 0.29) is 12.5 Å². The van der Waals surface area contributed by atoms with Gasteiger partial charge in [-0.25, -0.2) is 4.79 Å². The van der Waals surface area contributed by atoms with Crippen molar-refractivity contribution in [3.05, 3.63) is 53.6 Å². The predicted octanol–water partition coefficient (Wildman–Crippen LogP) is 4.44. The first-order valence-electron chi connectivity index (χ1n) is 10.4. The van der Waals surface area contributed by atoms with Crippen molar-refractivity contribution in [2.75, 3.05) is 19.0 Å². The van der Waals surface area contributed by atoms with E-state index in [0.29, 0.717) is 24.7 Å². The SMILES string of the molecule is COC(=O)COc1ccc(NC(=O)CCc2cccc(OC3CCCC3)c2)c(C)c1. The summed E-state index contributed by atoms with van der Waals surface area (Å²) in [4.78, 5) is 23.6. The molecule has 0 heterocycles. The Balaban J connectivity index is 1.49. The van der Waals surface area contributed by atoms with Crippen molar-refractivity contribution in [2.45, 2.75) is 51.6 Å². The molecule has 0 saturated heterocycles. The summed E-state index contributed by atoms with van der Waals surface area (Å²) in [6, 6.07) is 13.3. The van der Waals surface area contributed by atoms with E-state index in [1.54, 1.807) is 18.2 Å². The third kappa shape index (κ3) is 6.51. The van der Waals surface area contributed by atoms with Gasteiger partial charge in [0.15, 0.2) is 6.61 Å². The highest BCUT2D eigenvalue weighted by atomic mass is 16.6. The number of carbonyl (C=O) groups is 2. The minimum Gasteiger partial charge on any atom is -0.490 e. The van der Waals surface area contributed by atoms with Crippen LogP contribution in [0.1, 0.15) is 43.2 Å². The zero-order valence-corrected chi connectivity index (χ0v) is 17.6. The molecule has 1 fully saturated rings. The monoisotopic (exact) mass is 411 g/mol. The summed E-state index contributed by atoms with van der Waals surface area (Å²) in [5, 5.41) is 2.94. The van der Waals surface area contributed by atoms with Gasteiger partial charge in [0, 0.05) is 12.1 Å². The summed E-state index contributed by atoms with van der Waals surface area (Å²) < 4.78 is 16.0. The molecular formula is C24H29NO5. The van der Waals surface area contributed by atoms with Crippen molar-refractivity contribution >= 4 is 17.6 Å². The first-order chi connectivity index (χ1) is 14.5. The van der Waals surface area contributed by atoms with Crippen LogP contribution in [0.4, 0.5) is 5.69 Å². The van der Waals surface area contributed by atoms with E-state index in [2.05, 4.69) is 10.1 Å². The molecule has 1 aliphatic carbocycles. The molecule has 0 aromatic heterocycles. The van der Waals surface area contributed by atoms with Crippen molar-refractivity contribution in [3.8, 4) is 11.5 Å². The molecule has 1 aliphatic rings. The van der Waals surface area contributed by atoms with Crippen LogP contribution in [0.2, 0.25) is 0 Å². The Hall–Kier alpha value is -3.02. The fraction of sp³-hybridized carbons (Fsp3) is 0.417. The lowest BCUT2D eigenvalue weighted by Gasteiger charge is -2.14. The van der Waals surface area contributed by atoms with Gasteiger partial charge in [0.2, 0.25) is 5.91 Å². The maximum atomic E-state index is 12.4. The Labute approximate surface area is 177 Å². The van der Waals surface area contributed by atoms with E-state index < -0.39 is 5.97 Å². The molecule has 3 rings (SSSR count). The number of hydrogen-bond acceptors (Lipinski definition) is 5. The molecule has 30 heavy (non-hydrogen) atoms. The summed E-state index contributed by atoms with van der Waals surface area (Å²) in [5.74, 6) is 0.944. The minimum atomic E-state index is -0.442. The number of esters is 1. The smallest absolute Gasteiger partial charge is 0.343 e. The van der Waals surface area contributed by atoms with Crippen LogP contribution in [0.5, 0.6) is 11.5 Å². The van der Waals surface area contributed by atoms with Gasteiger partial charge in [-0.15, -0.1) is 0 Å². The molecule has 160 valence electrons. The van der Waals surface area contributed by atoms with E-state index in [1.165, 1.54) is 20.0 Å². The van der Waals surface area contributed by atoms with Gasteiger partial charge in [0.25, 0.3) is 0 Å². The van der Waals surface area contributed by atoms with E-state index in [0.717, 1.165) is 35.4 Å². The standard InChI is InChI=1S/C24H29NO5/c1-17-14-20(29-16-24(27)28-2)11-12-22(17)25-23(26)13-10-18-6-5-9-21(15-18)30-19-7-3-4-8-19/h5-6,9,11-12,14-15,19H,3-4,7-8,10,13,16H2,1-2H3,(H,25,26). The lowest BCUT2D eigenvalue weighted by atomic mass is 10.1. The predicted molar refractivity (Wildman–Crippen MR) is 115 cm³/mol. The first-order valence-corrected chi connectivity index (χ1v) is 10.4. The largest absolute Gasteiger partial charge is 0.490 e. The number of nitrogens with one attached hydrogen (secondary N) is 1. The molecule has 0 radical (unpaired) electrons. The van der Waals surface area contributed by atoms with Crippen molar-refractivity contribution < 1.29 is 23.8 Å². The Kier molecular flexibility index (Phi) is 7.71. The van der Waals surface area contributed by atoms with Crippen LogP contribution >= 0.6 is 0 Å². The van der Waals surface area contributed by atoms with Gasteiger partial charge >= 0.3 is 5.97 Å². The average molecular weight is 411 g/mol. The molecule has 0 spiro atoms. The number of aryl methyl sites for hydroxylation is 2. The summed E-state index contributed by atoms with van der Waals surface area (Å²) in [6.45, 7) is 1.73. The van der Waals surface area contributed by atoms with Crippen LogP contribution in [-0.4, -0.2) is 31.7 Å². The molecule has 0 bridgehead atoms. The number of hydrogen-bond donors (Lipinski definition) is 1. The number of benzene rings is 2. The molecule has 1 saturated carbocycles. The zero-order valence-electron chi connectivity index (χ0n) is 17.6. The highest BCUT2D eigenvalue weighted by Gasteiger charge is 2.16. The molecule has 1 amide bonds. The van der Waals surface area contributed by atoms with Crippen molar-refractivity contribution in [2.24, 2.45) is 0 Å². The van der Waals surface area contributed by atoms with Crippen LogP contribution in [0.15, 0.2) is 42.5 Å². The van der Waals surface area contributed by atoms with Gasteiger partial charge in [0.05, 0.1) is 13.2 Å². The Morgan fingerprint density at radius 3 is 2.60 bits per heavy atom. The molecule has 2 aromatic rings. The maximum absolute atomic E-state index is 12.4. The fourth-order valence-corrected chi connectivity index (χ4v) is 3.51. The maximum Gasteiger partial charge on any atom is 0.343 e. The second kappa shape index (κ2) is 10.7. The number of methoxy groups -OCH3 is 1. The van der Waals surface area contributed by atoms with Crippen LogP contribution in [0.3, 0.4) is 0 Å². The van der Waals surface area contributed by atoms with Crippen molar-refractivity contribution in [3.63, 3.8) is 0 Å². The summed E-state index contributed by atoms with van der Waals surface area (Å²) in [6.07, 6.45) is 6.08. The molecule has 6 heteroatoms. The molecule has 2 aromatic carbocycles. The minimum absolute atomic E-state index is 0.0524. The van der Waals surface area contributed by atoms with Crippen molar-refractivity contribution in [1.82, 2.24) is 0 Å². The lowest BCUT2D eigenvalue weighted by Crippen LogP contribution is -2.14. The van der Waals surface area contributed by atoms with E-state index in [1.807, 2.05) is 31.2 Å². The molecule has 0 atom stereocenters. The van der Waals surface area contributed by atoms with Gasteiger partial charge in [-0.05, 0) is 80.5 Å². The number of anilines is 1. The second-order valence-electron chi connectivity index (χ2n) is 7.56. The van der Waals surface area contributed by atoms with Gasteiger partial charge < -0.3 is 19.5 Å². The van der Waals surface area contributed by atoms with Gasteiger partial charge in [0.1, 0.15) is 11.5 Å². The molecule has 0 aliphatic heterocycles. The normalized spacial score (nSPS) is 13.7. The molecule has 1 N–H and O–H groups in total. The number of carbonyl (C=O) groups excluding carboxylic acids is 2. The first kappa shape index (κ1) is 21.7. The molecular weight excluding hydrogens is 382 g/mol. The fourth-order valence-electron chi connectivity index (χ4n) is 3.51. The average Bonchev–Trinajstić information content (AvgIpc) is 3.25. The van der Waals surface area contributed by atoms with Gasteiger partial charge in [-0.1, -0.05) is 12.1 Å². The zero-order chi connectivity index (χ0) is 21.3. The van der Waals surface area contributed by atoms with Crippen LogP contribution in [-0.2, 0) is 20.7 Å². The van der Waals surface area contributed by atoms with Gasteiger partial charge in [-0.3, -0.25) is 4.79 Å². The van der Waals surface area contributed by atoms with Gasteiger partial charge in [-0.2, -0.15) is 0 Å². The van der Waals surface area contributed by atoms with Crippen LogP contribution < -0.4 is 14.8 Å². The van der Waals surface area contributed by atoms with Crippen molar-refractivity contribution in [1.29, 1.82) is 0 Å². The summed E-state index contributed by atoms with van der Waals surface area (Å²) in [5.41, 5.74) is 2.67. The third-order valence-electron chi connectivity index (χ3n) is 5.20. The topological polar surface area (TPSA) is 73.9 Å². The van der Waals surface area contributed by atoms with Crippen LogP contribution in [0, 0.1) is 6.92 Å². The molecule has 6 nitrogen and oxygen atoms in total. The summed E-state index contributed by atoms with van der Waals surface area (Å²) >= 11 is 0. The number of rotatable bonds is 9. The molecule has 0 unspecified atom stereocenters. The van der Waals surface area contributed by atoms with Crippen LogP contribution in [0.25, 0.3) is 0 Å². The quantitative estimate of drug-likeness (QED) is 0.618. The van der Waals surface area contributed by atoms with E-state index in [4.69, 9.17) is 9.47 Å². The lowest BCUT2D eigenvalue weighted by molar-refractivity contribution is -0.142. The third-order valence-corrected chi connectivity index (χ3v) is 5.20. The number of amides is 1. The number of ether oxygens (including phenoxy) is 3. The highest BCUT2D eigenvalue weighted by Crippen LogP contribution is 2.25. The van der Waals surface area contributed by atoms with E-state index in [9.17, 15) is 9.59 Å². The van der Waals surface area contributed by atoms with E-state index >= 15 is 0 Å². The Morgan fingerprint density at radius 1 is 1.07 bits per heavy atom. The highest BCUT2D eigenvalue weighted by molar-refractivity contribution is 5.91.